The summed E-state index contributed by atoms with van der Waals surface area (Å²) in [6.07, 6.45) is 1.93. The van der Waals surface area contributed by atoms with Crippen LogP contribution in [0.25, 0.3) is 0 Å². The topological polar surface area (TPSA) is 88.7 Å². The SMILES string of the molecule is COC(=O)c1c(CC(=O)N(Cc2cccs2)CC2CCCO2)[nH]c(C(C)=O)c1C. The summed E-state index contributed by atoms with van der Waals surface area (Å²) in [5.74, 6) is -0.880. The van der Waals surface area contributed by atoms with Crippen LogP contribution < -0.4 is 0 Å². The summed E-state index contributed by atoms with van der Waals surface area (Å²) in [5, 5.41) is 1.98. The number of aromatic nitrogens is 1. The molecule has 0 spiro atoms. The van der Waals surface area contributed by atoms with Gasteiger partial charge in [0, 0.05) is 30.6 Å². The van der Waals surface area contributed by atoms with Crippen molar-refractivity contribution in [3.8, 4) is 0 Å². The van der Waals surface area contributed by atoms with Crippen molar-refractivity contribution < 1.29 is 23.9 Å². The molecule has 3 rings (SSSR count). The molecule has 1 aliphatic heterocycles. The second-order valence-electron chi connectivity index (χ2n) is 7.19. The number of ketones is 1. The number of hydrogen-bond donors (Lipinski definition) is 1. The third kappa shape index (κ3) is 4.94. The number of thiophene rings is 1. The van der Waals surface area contributed by atoms with E-state index in [2.05, 4.69) is 4.98 Å². The maximum Gasteiger partial charge on any atom is 0.339 e. The second-order valence-corrected chi connectivity index (χ2v) is 8.22. The van der Waals surface area contributed by atoms with Gasteiger partial charge in [0.15, 0.2) is 5.78 Å². The van der Waals surface area contributed by atoms with E-state index in [9.17, 15) is 14.4 Å². The van der Waals surface area contributed by atoms with Crippen LogP contribution in [0.2, 0.25) is 0 Å². The van der Waals surface area contributed by atoms with Gasteiger partial charge >= 0.3 is 5.97 Å². The standard InChI is InChI=1S/C21H26N2O5S/c1-13-19(21(26)27-3)17(22-20(13)14(2)24)10-18(25)23(11-15-6-4-8-28-15)12-16-7-5-9-29-16/h5,7,9,15,22H,4,6,8,10-12H2,1-3H3. The van der Waals surface area contributed by atoms with Gasteiger partial charge in [-0.1, -0.05) is 6.07 Å². The number of H-pyrrole nitrogens is 1. The number of methoxy groups -OCH3 is 1. The summed E-state index contributed by atoms with van der Waals surface area (Å²) < 4.78 is 10.6. The highest BCUT2D eigenvalue weighted by atomic mass is 32.1. The molecule has 1 amide bonds. The highest BCUT2D eigenvalue weighted by Gasteiger charge is 2.28. The molecule has 156 valence electrons. The third-order valence-electron chi connectivity index (χ3n) is 5.12. The van der Waals surface area contributed by atoms with Gasteiger partial charge in [-0.2, -0.15) is 0 Å². The molecule has 0 aromatic carbocycles. The Morgan fingerprint density at radius 1 is 1.38 bits per heavy atom. The number of nitrogens with zero attached hydrogens (tertiary/aromatic N) is 1. The maximum atomic E-state index is 13.2. The van der Waals surface area contributed by atoms with E-state index in [-0.39, 0.29) is 29.8 Å². The number of rotatable bonds is 8. The van der Waals surface area contributed by atoms with E-state index < -0.39 is 5.97 Å². The van der Waals surface area contributed by atoms with Crippen LogP contribution in [-0.2, 0) is 27.2 Å². The molecule has 1 aliphatic rings. The van der Waals surface area contributed by atoms with Crippen LogP contribution in [0.15, 0.2) is 17.5 Å². The van der Waals surface area contributed by atoms with Crippen LogP contribution in [-0.4, -0.2) is 53.9 Å². The summed E-state index contributed by atoms with van der Waals surface area (Å²) in [5.41, 5.74) is 1.51. The van der Waals surface area contributed by atoms with Gasteiger partial charge in [-0.25, -0.2) is 4.79 Å². The van der Waals surface area contributed by atoms with Crippen molar-refractivity contribution in [1.29, 1.82) is 0 Å². The fraction of sp³-hybridized carbons (Fsp3) is 0.476. The van der Waals surface area contributed by atoms with Crippen molar-refractivity contribution in [1.82, 2.24) is 9.88 Å². The number of ether oxygens (including phenoxy) is 2. The molecule has 0 saturated carbocycles. The van der Waals surface area contributed by atoms with Crippen molar-refractivity contribution in [2.45, 2.75) is 45.8 Å². The van der Waals surface area contributed by atoms with Gasteiger partial charge in [-0.15, -0.1) is 11.3 Å². The van der Waals surface area contributed by atoms with E-state index in [1.54, 1.807) is 23.2 Å². The number of carbonyl (C=O) groups excluding carboxylic acids is 3. The Morgan fingerprint density at radius 3 is 2.76 bits per heavy atom. The number of amides is 1. The van der Waals surface area contributed by atoms with E-state index in [0.717, 1.165) is 24.3 Å². The van der Waals surface area contributed by atoms with Crippen LogP contribution >= 0.6 is 11.3 Å². The van der Waals surface area contributed by atoms with E-state index in [0.29, 0.717) is 30.0 Å². The van der Waals surface area contributed by atoms with Crippen molar-refractivity contribution in [3.63, 3.8) is 0 Å². The summed E-state index contributed by atoms with van der Waals surface area (Å²) >= 11 is 1.59. The minimum atomic E-state index is -0.557. The van der Waals surface area contributed by atoms with Gasteiger partial charge < -0.3 is 19.4 Å². The Balaban J connectivity index is 1.85. The van der Waals surface area contributed by atoms with Crippen molar-refractivity contribution in [3.05, 3.63) is 44.9 Å². The number of carbonyl (C=O) groups is 3. The lowest BCUT2D eigenvalue weighted by Gasteiger charge is -2.25. The van der Waals surface area contributed by atoms with Gasteiger partial charge in [-0.3, -0.25) is 9.59 Å². The van der Waals surface area contributed by atoms with Gasteiger partial charge in [-0.05, 0) is 36.8 Å². The molecule has 2 aromatic heterocycles. The minimum absolute atomic E-state index is 0.0172. The number of hydrogen-bond acceptors (Lipinski definition) is 6. The van der Waals surface area contributed by atoms with Crippen molar-refractivity contribution in [2.24, 2.45) is 0 Å². The fourth-order valence-corrected chi connectivity index (χ4v) is 4.38. The molecule has 8 heteroatoms. The molecule has 0 aliphatic carbocycles. The Kier molecular flexibility index (Phi) is 6.87. The molecule has 29 heavy (non-hydrogen) atoms. The predicted molar refractivity (Wildman–Crippen MR) is 109 cm³/mol. The lowest BCUT2D eigenvalue weighted by molar-refractivity contribution is -0.132. The van der Waals surface area contributed by atoms with E-state index >= 15 is 0 Å². The first kappa shape index (κ1) is 21.3. The van der Waals surface area contributed by atoms with Gasteiger partial charge in [0.2, 0.25) is 5.91 Å². The average molecular weight is 419 g/mol. The summed E-state index contributed by atoms with van der Waals surface area (Å²) in [4.78, 5) is 43.2. The monoisotopic (exact) mass is 418 g/mol. The summed E-state index contributed by atoms with van der Waals surface area (Å²) in [6.45, 7) is 4.82. The van der Waals surface area contributed by atoms with Crippen LogP contribution in [0.5, 0.6) is 0 Å². The zero-order valence-electron chi connectivity index (χ0n) is 16.9. The lowest BCUT2D eigenvalue weighted by Crippen LogP contribution is -2.38. The molecule has 1 unspecified atom stereocenters. The quantitative estimate of drug-likeness (QED) is 0.526. The molecule has 1 atom stereocenters. The molecule has 1 saturated heterocycles. The first-order valence-corrected chi connectivity index (χ1v) is 10.5. The van der Waals surface area contributed by atoms with E-state index in [1.165, 1.54) is 14.0 Å². The first-order valence-electron chi connectivity index (χ1n) is 9.63. The fourth-order valence-electron chi connectivity index (χ4n) is 3.66. The highest BCUT2D eigenvalue weighted by Crippen LogP contribution is 2.23. The van der Waals surface area contributed by atoms with Gasteiger partial charge in [0.1, 0.15) is 0 Å². The molecule has 0 radical (unpaired) electrons. The Morgan fingerprint density at radius 2 is 2.17 bits per heavy atom. The second kappa shape index (κ2) is 9.37. The van der Waals surface area contributed by atoms with Crippen molar-refractivity contribution >= 4 is 29.0 Å². The third-order valence-corrected chi connectivity index (χ3v) is 5.99. The molecule has 7 nitrogen and oxygen atoms in total. The molecule has 2 aromatic rings. The zero-order chi connectivity index (χ0) is 21.0. The first-order chi connectivity index (χ1) is 13.9. The minimum Gasteiger partial charge on any atom is -0.465 e. The lowest BCUT2D eigenvalue weighted by atomic mass is 10.1. The molecule has 0 bridgehead atoms. The van der Waals surface area contributed by atoms with Crippen LogP contribution in [0, 0.1) is 6.92 Å². The van der Waals surface area contributed by atoms with Crippen LogP contribution in [0.4, 0.5) is 0 Å². The molecular weight excluding hydrogens is 392 g/mol. The Labute approximate surface area is 174 Å². The van der Waals surface area contributed by atoms with Crippen LogP contribution in [0.1, 0.15) is 56.7 Å². The Hall–Kier alpha value is -2.45. The molecule has 1 fully saturated rings. The summed E-state index contributed by atoms with van der Waals surface area (Å²) in [7, 11) is 1.29. The number of esters is 1. The highest BCUT2D eigenvalue weighted by molar-refractivity contribution is 7.09. The smallest absolute Gasteiger partial charge is 0.339 e. The molecule has 1 N–H and O–H groups in total. The van der Waals surface area contributed by atoms with Crippen molar-refractivity contribution in [2.75, 3.05) is 20.3 Å². The van der Waals surface area contributed by atoms with E-state index in [4.69, 9.17) is 9.47 Å². The summed E-state index contributed by atoms with van der Waals surface area (Å²) in [6, 6.07) is 3.95. The van der Waals surface area contributed by atoms with Crippen LogP contribution in [0.3, 0.4) is 0 Å². The Bertz CT molecular complexity index is 881. The van der Waals surface area contributed by atoms with Gasteiger partial charge in [0.25, 0.3) is 0 Å². The normalized spacial score (nSPS) is 16.0. The molecule has 3 heterocycles. The van der Waals surface area contributed by atoms with E-state index in [1.807, 2.05) is 17.5 Å². The predicted octanol–water partition coefficient (Wildman–Crippen LogP) is 3.12. The molecular formula is C21H26N2O5S. The number of nitrogens with one attached hydrogen (secondary N) is 1. The average Bonchev–Trinajstić information content (AvgIpc) is 3.43. The largest absolute Gasteiger partial charge is 0.465 e. The number of aromatic amines is 1. The maximum absolute atomic E-state index is 13.2. The van der Waals surface area contributed by atoms with Gasteiger partial charge in [0.05, 0.1) is 37.4 Å². The number of Topliss-reactive ketones (excluding diaryl/α,β-unsaturated/α-hetero) is 1. The zero-order valence-corrected chi connectivity index (χ0v) is 17.8.